The molecule has 10 heteroatoms. The summed E-state index contributed by atoms with van der Waals surface area (Å²) >= 11 is 0. The second-order valence-corrected chi connectivity index (χ2v) is 6.34. The highest BCUT2D eigenvalue weighted by Crippen LogP contribution is 2.37. The van der Waals surface area contributed by atoms with Crippen molar-refractivity contribution in [1.29, 1.82) is 0 Å². The van der Waals surface area contributed by atoms with Crippen LogP contribution in [0.5, 0.6) is 5.75 Å². The van der Waals surface area contributed by atoms with Gasteiger partial charge in [-0.25, -0.2) is 13.8 Å². The number of ether oxygens (including phenoxy) is 1. The first-order valence-electron chi connectivity index (χ1n) is 8.62. The highest BCUT2D eigenvalue weighted by Gasteiger charge is 2.31. The van der Waals surface area contributed by atoms with E-state index in [9.17, 15) is 26.7 Å². The SMILES string of the molecule is C=CC(=O)NCc1cc(-c2ccc(OC(F)(F)F)cc2)c2ncn(C)c2c1C(F)F. The van der Waals surface area contributed by atoms with E-state index < -0.39 is 24.4 Å². The summed E-state index contributed by atoms with van der Waals surface area (Å²) in [6.07, 6.45) is -5.28. The fourth-order valence-electron chi connectivity index (χ4n) is 3.12. The monoisotopic (exact) mass is 425 g/mol. The Kier molecular flexibility index (Phi) is 5.77. The Balaban J connectivity index is 2.13. The van der Waals surface area contributed by atoms with Crippen molar-refractivity contribution in [1.82, 2.24) is 14.9 Å². The lowest BCUT2D eigenvalue weighted by Crippen LogP contribution is -2.21. The molecule has 3 aromatic rings. The minimum Gasteiger partial charge on any atom is -0.406 e. The van der Waals surface area contributed by atoms with Gasteiger partial charge in [0.1, 0.15) is 5.75 Å². The molecule has 0 aliphatic carbocycles. The molecule has 1 amide bonds. The van der Waals surface area contributed by atoms with Gasteiger partial charge in [-0.2, -0.15) is 0 Å². The number of imidazole rings is 1. The molecule has 1 aromatic heterocycles. The first-order valence-corrected chi connectivity index (χ1v) is 8.62. The summed E-state index contributed by atoms with van der Waals surface area (Å²) in [6, 6.07) is 6.44. The Morgan fingerprint density at radius 3 is 2.53 bits per heavy atom. The number of alkyl halides is 5. The number of carbonyl (C=O) groups is 1. The highest BCUT2D eigenvalue weighted by molar-refractivity contribution is 5.95. The van der Waals surface area contributed by atoms with Crippen LogP contribution in [0.3, 0.4) is 0 Å². The first-order chi connectivity index (χ1) is 14.1. The summed E-state index contributed by atoms with van der Waals surface area (Å²) in [7, 11) is 1.55. The van der Waals surface area contributed by atoms with Crippen molar-refractivity contribution in [3.05, 3.63) is 60.4 Å². The standard InChI is InChI=1S/C20H16F5N3O2/c1-3-15(29)26-9-12-8-14(11-4-6-13(7-5-11)30-20(23,24)25)17-18(16(12)19(21)22)28(2)10-27-17/h3-8,10,19H,1,9H2,2H3,(H,26,29). The summed E-state index contributed by atoms with van der Waals surface area (Å²) in [6.45, 7) is 3.13. The molecule has 0 saturated heterocycles. The van der Waals surface area contributed by atoms with Crippen LogP contribution in [0.25, 0.3) is 22.2 Å². The maximum absolute atomic E-state index is 13.9. The molecule has 0 spiro atoms. The van der Waals surface area contributed by atoms with Gasteiger partial charge in [0.15, 0.2) is 0 Å². The van der Waals surface area contributed by atoms with Crippen molar-refractivity contribution in [3.63, 3.8) is 0 Å². The fraction of sp³-hybridized carbons (Fsp3) is 0.200. The number of benzene rings is 2. The largest absolute Gasteiger partial charge is 0.573 e. The molecular weight excluding hydrogens is 409 g/mol. The Morgan fingerprint density at radius 2 is 1.97 bits per heavy atom. The van der Waals surface area contributed by atoms with Gasteiger partial charge in [0.05, 0.1) is 17.4 Å². The summed E-state index contributed by atoms with van der Waals surface area (Å²) in [5, 5.41) is 2.47. The molecule has 0 bridgehead atoms. The van der Waals surface area contributed by atoms with Crippen LogP contribution >= 0.6 is 0 Å². The van der Waals surface area contributed by atoms with Crippen molar-refractivity contribution in [3.8, 4) is 16.9 Å². The topological polar surface area (TPSA) is 56.1 Å². The van der Waals surface area contributed by atoms with E-state index in [0.717, 1.165) is 18.2 Å². The number of nitrogens with one attached hydrogen (secondary N) is 1. The predicted octanol–water partition coefficient (Wildman–Crippen LogP) is 4.88. The smallest absolute Gasteiger partial charge is 0.406 e. The molecule has 0 fully saturated rings. The van der Waals surface area contributed by atoms with E-state index in [1.54, 1.807) is 7.05 Å². The third-order valence-electron chi connectivity index (χ3n) is 4.37. The molecule has 158 valence electrons. The molecule has 5 nitrogen and oxygen atoms in total. The van der Waals surface area contributed by atoms with Crippen molar-refractivity contribution < 1.29 is 31.5 Å². The Labute approximate surface area is 167 Å². The summed E-state index contributed by atoms with van der Waals surface area (Å²) in [5.41, 5.74) is 1.18. The van der Waals surface area contributed by atoms with E-state index in [1.165, 1.54) is 29.1 Å². The lowest BCUT2D eigenvalue weighted by Gasteiger charge is -2.15. The number of fused-ring (bicyclic) bond motifs is 1. The Morgan fingerprint density at radius 1 is 1.30 bits per heavy atom. The number of aryl methyl sites for hydroxylation is 1. The number of nitrogens with zero attached hydrogens (tertiary/aromatic N) is 2. The van der Waals surface area contributed by atoms with Gasteiger partial charge in [0.2, 0.25) is 5.91 Å². The van der Waals surface area contributed by atoms with Crippen LogP contribution in [0.4, 0.5) is 22.0 Å². The lowest BCUT2D eigenvalue weighted by molar-refractivity contribution is -0.274. The molecule has 0 aliphatic heterocycles. The molecule has 1 N–H and O–H groups in total. The van der Waals surface area contributed by atoms with Crippen LogP contribution in [0.1, 0.15) is 17.6 Å². The minimum atomic E-state index is -4.83. The maximum atomic E-state index is 13.9. The van der Waals surface area contributed by atoms with E-state index in [2.05, 4.69) is 21.6 Å². The van der Waals surface area contributed by atoms with Crippen LogP contribution in [-0.4, -0.2) is 21.8 Å². The third kappa shape index (κ3) is 4.42. The number of hydrogen-bond acceptors (Lipinski definition) is 3. The molecule has 1 heterocycles. The van der Waals surface area contributed by atoms with Gasteiger partial charge in [0.25, 0.3) is 6.43 Å². The lowest BCUT2D eigenvalue weighted by atomic mass is 9.96. The zero-order valence-electron chi connectivity index (χ0n) is 15.6. The Hall–Kier alpha value is -3.43. The molecule has 0 atom stereocenters. The third-order valence-corrected chi connectivity index (χ3v) is 4.37. The number of halogens is 5. The van der Waals surface area contributed by atoms with Gasteiger partial charge in [-0.1, -0.05) is 18.7 Å². The molecule has 0 aliphatic rings. The zero-order valence-corrected chi connectivity index (χ0v) is 15.6. The van der Waals surface area contributed by atoms with Gasteiger partial charge < -0.3 is 14.6 Å². The molecule has 3 rings (SSSR count). The first kappa shape index (κ1) is 21.3. The van der Waals surface area contributed by atoms with Crippen LogP contribution in [-0.2, 0) is 18.4 Å². The molecule has 0 saturated carbocycles. The van der Waals surface area contributed by atoms with Gasteiger partial charge in [-0.15, -0.1) is 13.2 Å². The number of rotatable bonds is 6. The van der Waals surface area contributed by atoms with Crippen molar-refractivity contribution in [2.45, 2.75) is 19.3 Å². The highest BCUT2D eigenvalue weighted by atomic mass is 19.4. The number of aromatic nitrogens is 2. The maximum Gasteiger partial charge on any atom is 0.573 e. The second-order valence-electron chi connectivity index (χ2n) is 6.34. The van der Waals surface area contributed by atoms with Crippen molar-refractivity contribution in [2.75, 3.05) is 0 Å². The summed E-state index contributed by atoms with van der Waals surface area (Å²) in [5.74, 6) is -0.943. The van der Waals surface area contributed by atoms with E-state index in [4.69, 9.17) is 0 Å². The van der Waals surface area contributed by atoms with E-state index in [0.29, 0.717) is 11.1 Å². The predicted molar refractivity (Wildman–Crippen MR) is 99.8 cm³/mol. The van der Waals surface area contributed by atoms with Crippen molar-refractivity contribution in [2.24, 2.45) is 7.05 Å². The van der Waals surface area contributed by atoms with E-state index >= 15 is 0 Å². The van der Waals surface area contributed by atoms with Crippen LogP contribution in [0, 0.1) is 0 Å². The molecule has 0 radical (unpaired) electrons. The van der Waals surface area contributed by atoms with Crippen LogP contribution < -0.4 is 10.1 Å². The van der Waals surface area contributed by atoms with Crippen LogP contribution in [0.15, 0.2) is 49.3 Å². The second kappa shape index (κ2) is 8.13. The number of amides is 1. The summed E-state index contributed by atoms with van der Waals surface area (Å²) < 4.78 is 70.2. The molecule has 0 unspecified atom stereocenters. The average Bonchev–Trinajstić information content (AvgIpc) is 3.06. The molecule has 2 aromatic carbocycles. The molecule has 30 heavy (non-hydrogen) atoms. The van der Waals surface area contributed by atoms with Crippen molar-refractivity contribution >= 4 is 16.9 Å². The number of hydrogen-bond donors (Lipinski definition) is 1. The average molecular weight is 425 g/mol. The quantitative estimate of drug-likeness (QED) is 0.453. The van der Waals surface area contributed by atoms with E-state index in [-0.39, 0.29) is 28.7 Å². The van der Waals surface area contributed by atoms with E-state index in [1.807, 2.05) is 0 Å². The summed E-state index contributed by atoms with van der Waals surface area (Å²) in [4.78, 5) is 15.7. The van der Waals surface area contributed by atoms with Gasteiger partial charge in [-0.3, -0.25) is 4.79 Å². The van der Waals surface area contributed by atoms with Gasteiger partial charge >= 0.3 is 6.36 Å². The fourth-order valence-corrected chi connectivity index (χ4v) is 3.12. The Bertz CT molecular complexity index is 1090. The normalized spacial score (nSPS) is 11.7. The minimum absolute atomic E-state index is 0.155. The van der Waals surface area contributed by atoms with Crippen LogP contribution in [0.2, 0.25) is 0 Å². The number of carbonyl (C=O) groups excluding carboxylic acids is 1. The van der Waals surface area contributed by atoms with Gasteiger partial charge in [-0.05, 0) is 35.4 Å². The van der Waals surface area contributed by atoms with Gasteiger partial charge in [0, 0.05) is 24.7 Å². The zero-order chi connectivity index (χ0) is 22.1. The molecular formula is C20H16F5N3O2.